The molecule has 0 unspecified atom stereocenters. The van der Waals surface area contributed by atoms with Crippen molar-refractivity contribution in [1.82, 2.24) is 0 Å². The number of carbonyl (C=O) groups excluding carboxylic acids is 1. The van der Waals surface area contributed by atoms with Crippen LogP contribution in [0.1, 0.15) is 0 Å². The number of likely N-dealkylation sites (N-methyl/N-ethyl adjacent to an activating group) is 1. The molecule has 4 heteroatoms. The molecule has 0 aliphatic rings. The first-order chi connectivity index (χ1) is 5.52. The predicted octanol–water partition coefficient (Wildman–Crippen LogP) is 0.749. The molecule has 0 aromatic carbocycles. The zero-order valence-electron chi connectivity index (χ0n) is 7.45. The predicted molar refractivity (Wildman–Crippen MR) is 51.8 cm³/mol. The van der Waals surface area contributed by atoms with Gasteiger partial charge in [0, 0.05) is 6.08 Å². The molecule has 0 aliphatic carbocycles. The summed E-state index contributed by atoms with van der Waals surface area (Å²) < 4.78 is 5.35. The van der Waals surface area contributed by atoms with E-state index in [1.807, 2.05) is 14.1 Å². The van der Waals surface area contributed by atoms with Gasteiger partial charge in [-0.3, -0.25) is 4.48 Å². The molecule has 68 valence electrons. The topological polar surface area (TPSA) is 26.3 Å². The molecule has 0 saturated heterocycles. The third-order valence-electron chi connectivity index (χ3n) is 1.36. The fraction of sp³-hybridized carbons (Fsp3) is 0.500. The quantitative estimate of drug-likeness (QED) is 0.276. The molecule has 0 rings (SSSR count). The average molecular weight is 188 g/mol. The van der Waals surface area contributed by atoms with Crippen LogP contribution < -0.4 is 0 Å². The number of hydrogen-bond acceptors (Lipinski definition) is 3. The Morgan fingerprint density at radius 1 is 1.67 bits per heavy atom. The molecule has 0 radical (unpaired) electrons. The van der Waals surface area contributed by atoms with Crippen molar-refractivity contribution in [2.75, 3.05) is 27.2 Å². The van der Waals surface area contributed by atoms with E-state index in [0.717, 1.165) is 6.08 Å². The highest BCUT2D eigenvalue weighted by Gasteiger charge is 2.11. The molecule has 0 fully saturated rings. The van der Waals surface area contributed by atoms with Gasteiger partial charge >= 0.3 is 5.97 Å². The number of rotatable bonds is 5. The number of esters is 1. The summed E-state index contributed by atoms with van der Waals surface area (Å²) >= 11 is 4.78. The van der Waals surface area contributed by atoms with Crippen molar-refractivity contribution in [3.63, 3.8) is 0 Å². The summed E-state index contributed by atoms with van der Waals surface area (Å²) in [5, 5.41) is 0. The Kier molecular flexibility index (Phi) is 4.70. The molecule has 0 bridgehead atoms. The second kappa shape index (κ2) is 5.00. The Morgan fingerprint density at radius 3 is 2.67 bits per heavy atom. The largest absolute Gasteiger partial charge is 0.457 e. The lowest BCUT2D eigenvalue weighted by molar-refractivity contribution is -0.790. The molecule has 0 aromatic heterocycles. The molecule has 0 amide bonds. The number of carbonyl (C=O) groups is 1. The van der Waals surface area contributed by atoms with E-state index >= 15 is 0 Å². The van der Waals surface area contributed by atoms with E-state index in [0.29, 0.717) is 17.6 Å². The van der Waals surface area contributed by atoms with E-state index in [9.17, 15) is 4.79 Å². The fourth-order valence-electron chi connectivity index (χ4n) is 0.493. The monoisotopic (exact) mass is 188 g/mol. The molecular weight excluding hydrogens is 174 g/mol. The zero-order chi connectivity index (χ0) is 9.61. The Morgan fingerprint density at radius 2 is 2.25 bits per heavy atom. The van der Waals surface area contributed by atoms with Gasteiger partial charge < -0.3 is 4.74 Å². The minimum absolute atomic E-state index is 0.366. The number of quaternary nitrogens is 1. The van der Waals surface area contributed by atoms with Gasteiger partial charge in [-0.2, -0.15) is 0 Å². The molecule has 0 atom stereocenters. The normalized spacial score (nSPS) is 10.5. The van der Waals surface area contributed by atoms with Gasteiger partial charge in [0.25, 0.3) is 0 Å². The van der Waals surface area contributed by atoms with Gasteiger partial charge in [0.1, 0.15) is 13.2 Å². The fourth-order valence-corrected chi connectivity index (χ4v) is 0.599. The molecular formula is C8H14NO2S+. The van der Waals surface area contributed by atoms with Crippen LogP contribution in [0.25, 0.3) is 0 Å². The standard InChI is InChI=1S/C8H14NO2S/c1-4-8(10)11-6-5-9(2,3)7-12/h4,7H,1,5-6H2,2-3H3/q+1. The Bertz CT molecular complexity index is 189. The zero-order valence-corrected chi connectivity index (χ0v) is 8.26. The molecule has 0 spiro atoms. The maximum Gasteiger partial charge on any atom is 0.330 e. The highest BCUT2D eigenvalue weighted by Crippen LogP contribution is 1.92. The Hall–Kier alpha value is -0.740. The molecule has 0 heterocycles. The summed E-state index contributed by atoms with van der Waals surface area (Å²) in [6, 6.07) is 0. The molecule has 0 N–H and O–H groups in total. The minimum Gasteiger partial charge on any atom is -0.457 e. The molecule has 0 saturated carbocycles. The van der Waals surface area contributed by atoms with Crippen LogP contribution in [0, 0.1) is 0 Å². The summed E-state index contributed by atoms with van der Waals surface area (Å²) in [6.07, 6.45) is 1.15. The summed E-state index contributed by atoms with van der Waals surface area (Å²) in [5.41, 5.74) is 1.63. The number of thiocarbonyl (C=S) groups is 1. The third-order valence-corrected chi connectivity index (χ3v) is 1.93. The van der Waals surface area contributed by atoms with Crippen molar-refractivity contribution in [2.24, 2.45) is 0 Å². The van der Waals surface area contributed by atoms with E-state index in [2.05, 4.69) is 6.58 Å². The van der Waals surface area contributed by atoms with Gasteiger partial charge in [-0.15, -0.1) is 0 Å². The highest BCUT2D eigenvalue weighted by molar-refractivity contribution is 7.78. The van der Waals surface area contributed by atoms with Crippen LogP contribution in [0.3, 0.4) is 0 Å². The molecule has 12 heavy (non-hydrogen) atoms. The summed E-state index contributed by atoms with van der Waals surface area (Å²) in [7, 11) is 3.88. The van der Waals surface area contributed by atoms with Crippen LogP contribution in [0.2, 0.25) is 0 Å². The van der Waals surface area contributed by atoms with Gasteiger partial charge in [0.15, 0.2) is 5.49 Å². The summed E-state index contributed by atoms with van der Waals surface area (Å²) in [5.74, 6) is -0.389. The van der Waals surface area contributed by atoms with Gasteiger partial charge in [-0.05, 0) is 12.2 Å². The van der Waals surface area contributed by atoms with Crippen LogP contribution >= 0.6 is 12.2 Å². The van der Waals surface area contributed by atoms with Crippen molar-refractivity contribution in [1.29, 1.82) is 0 Å². The van der Waals surface area contributed by atoms with Crippen molar-refractivity contribution >= 4 is 23.7 Å². The first-order valence-electron chi connectivity index (χ1n) is 3.60. The maximum atomic E-state index is 10.6. The smallest absolute Gasteiger partial charge is 0.330 e. The highest BCUT2D eigenvalue weighted by atomic mass is 32.1. The Balaban J connectivity index is 3.62. The molecule has 0 aliphatic heterocycles. The number of nitrogens with zero attached hydrogens (tertiary/aromatic N) is 1. The van der Waals surface area contributed by atoms with Gasteiger partial charge in [-0.25, -0.2) is 4.79 Å². The molecule has 0 aromatic rings. The first kappa shape index (κ1) is 11.3. The van der Waals surface area contributed by atoms with Crippen LogP contribution in [-0.4, -0.2) is 43.2 Å². The van der Waals surface area contributed by atoms with Crippen molar-refractivity contribution in [2.45, 2.75) is 0 Å². The van der Waals surface area contributed by atoms with E-state index < -0.39 is 0 Å². The van der Waals surface area contributed by atoms with E-state index in [1.54, 1.807) is 5.49 Å². The summed E-state index contributed by atoms with van der Waals surface area (Å²) in [4.78, 5) is 10.6. The Labute approximate surface area is 78.2 Å². The lowest BCUT2D eigenvalue weighted by Crippen LogP contribution is -2.40. The van der Waals surface area contributed by atoms with Crippen LogP contribution in [0.15, 0.2) is 12.7 Å². The maximum absolute atomic E-state index is 10.6. The minimum atomic E-state index is -0.389. The lowest BCUT2D eigenvalue weighted by atomic mass is 10.5. The average Bonchev–Trinajstić information content (AvgIpc) is 2.04. The van der Waals surface area contributed by atoms with Crippen molar-refractivity contribution in [3.05, 3.63) is 12.7 Å². The van der Waals surface area contributed by atoms with Crippen molar-refractivity contribution < 1.29 is 14.0 Å². The van der Waals surface area contributed by atoms with Gasteiger partial charge in [0.05, 0.1) is 14.1 Å². The second-order valence-corrected chi connectivity index (χ2v) is 3.19. The second-order valence-electron chi connectivity index (χ2n) is 2.98. The van der Waals surface area contributed by atoms with E-state index in [1.165, 1.54) is 0 Å². The SMILES string of the molecule is C=CC(=O)OCC[N+](C)(C)C=S. The van der Waals surface area contributed by atoms with Crippen LogP contribution in [-0.2, 0) is 9.53 Å². The van der Waals surface area contributed by atoms with Crippen LogP contribution in [0.4, 0.5) is 0 Å². The van der Waals surface area contributed by atoms with Crippen molar-refractivity contribution in [3.8, 4) is 0 Å². The van der Waals surface area contributed by atoms with Gasteiger partial charge in [-0.1, -0.05) is 6.58 Å². The first-order valence-corrected chi connectivity index (χ1v) is 4.07. The van der Waals surface area contributed by atoms with E-state index in [4.69, 9.17) is 17.0 Å². The molecule has 3 nitrogen and oxygen atoms in total. The van der Waals surface area contributed by atoms with E-state index in [-0.39, 0.29) is 5.97 Å². The van der Waals surface area contributed by atoms with Crippen LogP contribution in [0.5, 0.6) is 0 Å². The number of ether oxygens (including phenoxy) is 1. The third kappa shape index (κ3) is 4.98. The summed E-state index contributed by atoms with van der Waals surface area (Å²) in [6.45, 7) is 4.34. The number of hydrogen-bond donors (Lipinski definition) is 0. The lowest BCUT2D eigenvalue weighted by Gasteiger charge is -2.22. The van der Waals surface area contributed by atoms with Gasteiger partial charge in [0.2, 0.25) is 0 Å².